The fourth-order valence-corrected chi connectivity index (χ4v) is 5.14. The van der Waals surface area contributed by atoms with Crippen LogP contribution in [0.25, 0.3) is 5.69 Å². The van der Waals surface area contributed by atoms with E-state index in [-0.39, 0.29) is 18.0 Å². The smallest absolute Gasteiger partial charge is 0.264 e. The molecule has 9 heteroatoms. The first-order valence-corrected chi connectivity index (χ1v) is 13.0. The van der Waals surface area contributed by atoms with Crippen LogP contribution < -0.4 is 14.4 Å². The molecule has 4 rings (SSSR count). The van der Waals surface area contributed by atoms with Gasteiger partial charge in [0, 0.05) is 24.6 Å². The number of benzene rings is 3. The lowest BCUT2D eigenvalue weighted by Crippen LogP contribution is -2.40. The minimum atomic E-state index is -3.99. The van der Waals surface area contributed by atoms with Crippen LogP contribution in [-0.2, 0) is 21.4 Å². The number of carbonyl (C=O) groups excluding carboxylic acids is 1. The molecule has 186 valence electrons. The van der Waals surface area contributed by atoms with Gasteiger partial charge in [0.25, 0.3) is 10.0 Å². The van der Waals surface area contributed by atoms with Crippen LogP contribution in [0.4, 0.5) is 5.69 Å². The summed E-state index contributed by atoms with van der Waals surface area (Å²) < 4.78 is 35.5. The average Bonchev–Trinajstić information content (AvgIpc) is 3.33. The van der Waals surface area contributed by atoms with E-state index in [1.165, 1.54) is 12.1 Å². The van der Waals surface area contributed by atoms with Crippen molar-refractivity contribution in [3.05, 3.63) is 103 Å². The van der Waals surface area contributed by atoms with Crippen molar-refractivity contribution in [1.82, 2.24) is 14.9 Å². The van der Waals surface area contributed by atoms with Crippen molar-refractivity contribution in [1.29, 1.82) is 0 Å². The van der Waals surface area contributed by atoms with E-state index in [9.17, 15) is 13.2 Å². The van der Waals surface area contributed by atoms with Gasteiger partial charge in [-0.15, -0.1) is 0 Å². The first-order valence-electron chi connectivity index (χ1n) is 11.5. The molecule has 0 spiro atoms. The van der Waals surface area contributed by atoms with E-state index in [0.717, 1.165) is 21.4 Å². The van der Waals surface area contributed by atoms with Gasteiger partial charge in [-0.2, -0.15) is 0 Å². The Morgan fingerprint density at radius 3 is 2.31 bits per heavy atom. The number of para-hydroxylation sites is 1. The molecule has 0 unspecified atom stereocenters. The lowest BCUT2D eigenvalue weighted by molar-refractivity contribution is -0.119. The molecular formula is C27H28N4O4S. The molecule has 1 heterocycles. The number of imidazole rings is 1. The second-order valence-corrected chi connectivity index (χ2v) is 9.90. The molecule has 0 aliphatic heterocycles. The van der Waals surface area contributed by atoms with Gasteiger partial charge in [-0.05, 0) is 67.9 Å². The van der Waals surface area contributed by atoms with E-state index in [1.807, 2.05) is 48.9 Å². The molecule has 36 heavy (non-hydrogen) atoms. The zero-order valence-electron chi connectivity index (χ0n) is 20.2. The topological polar surface area (TPSA) is 93.5 Å². The Hall–Kier alpha value is -4.11. The second kappa shape index (κ2) is 11.1. The van der Waals surface area contributed by atoms with Gasteiger partial charge in [-0.3, -0.25) is 9.10 Å². The third-order valence-electron chi connectivity index (χ3n) is 5.58. The van der Waals surface area contributed by atoms with Gasteiger partial charge in [-0.25, -0.2) is 13.4 Å². The fourth-order valence-electron chi connectivity index (χ4n) is 3.72. The predicted molar refractivity (Wildman–Crippen MR) is 139 cm³/mol. The van der Waals surface area contributed by atoms with E-state index >= 15 is 0 Å². The Morgan fingerprint density at radius 1 is 1.00 bits per heavy atom. The first kappa shape index (κ1) is 25.0. The molecule has 8 nitrogen and oxygen atoms in total. The van der Waals surface area contributed by atoms with Crippen LogP contribution in [0.1, 0.15) is 18.3 Å². The highest BCUT2D eigenvalue weighted by Crippen LogP contribution is 2.25. The maximum Gasteiger partial charge on any atom is 0.264 e. The molecule has 1 amide bonds. The van der Waals surface area contributed by atoms with Crippen LogP contribution in [0.3, 0.4) is 0 Å². The van der Waals surface area contributed by atoms with Crippen LogP contribution in [0.5, 0.6) is 5.75 Å². The Labute approximate surface area is 211 Å². The number of aromatic nitrogens is 2. The fraction of sp³-hybridized carbons (Fsp3) is 0.185. The Bertz CT molecular complexity index is 1400. The highest BCUT2D eigenvalue weighted by atomic mass is 32.2. The number of aryl methyl sites for hydroxylation is 1. The van der Waals surface area contributed by atoms with Crippen LogP contribution in [0.2, 0.25) is 0 Å². The van der Waals surface area contributed by atoms with Crippen LogP contribution in [-0.4, -0.2) is 37.0 Å². The lowest BCUT2D eigenvalue weighted by Gasteiger charge is -2.24. The van der Waals surface area contributed by atoms with Gasteiger partial charge < -0.3 is 14.6 Å². The molecule has 0 radical (unpaired) electrons. The number of hydrogen-bond acceptors (Lipinski definition) is 5. The minimum absolute atomic E-state index is 0.0768. The van der Waals surface area contributed by atoms with Crippen molar-refractivity contribution >= 4 is 21.6 Å². The normalized spacial score (nSPS) is 11.2. The summed E-state index contributed by atoms with van der Waals surface area (Å²) in [6, 6.07) is 22.5. The number of rotatable bonds is 10. The largest absolute Gasteiger partial charge is 0.494 e. The van der Waals surface area contributed by atoms with Gasteiger partial charge in [0.15, 0.2) is 0 Å². The molecule has 1 N–H and O–H groups in total. The third kappa shape index (κ3) is 5.75. The molecule has 1 aromatic heterocycles. The van der Waals surface area contributed by atoms with Crippen molar-refractivity contribution < 1.29 is 17.9 Å². The lowest BCUT2D eigenvalue weighted by atomic mass is 10.2. The van der Waals surface area contributed by atoms with Crippen molar-refractivity contribution in [3.8, 4) is 11.4 Å². The van der Waals surface area contributed by atoms with Gasteiger partial charge >= 0.3 is 0 Å². The number of sulfonamides is 1. The van der Waals surface area contributed by atoms with Gasteiger partial charge in [-0.1, -0.05) is 30.3 Å². The number of ether oxygens (including phenoxy) is 1. The van der Waals surface area contributed by atoms with Crippen molar-refractivity contribution in [2.24, 2.45) is 0 Å². The summed E-state index contributed by atoms with van der Waals surface area (Å²) in [4.78, 5) is 17.2. The summed E-state index contributed by atoms with van der Waals surface area (Å²) in [7, 11) is -3.99. The number of nitrogens with zero attached hydrogens (tertiary/aromatic N) is 3. The molecule has 0 aliphatic rings. The van der Waals surface area contributed by atoms with Crippen LogP contribution >= 0.6 is 0 Å². The standard InChI is InChI=1S/C27H28N4O4S/c1-3-35-25-13-15-26(16-14-25)36(33,34)31(24-7-5-4-6-8-24)20-27(32)29-19-22-9-11-23(12-10-22)30-18-17-28-21(30)2/h4-18H,3,19-20H2,1-2H3,(H,29,32). The highest BCUT2D eigenvalue weighted by Gasteiger charge is 2.27. The van der Waals surface area contributed by atoms with Crippen molar-refractivity contribution in [3.63, 3.8) is 0 Å². The first-order chi connectivity index (χ1) is 17.4. The second-order valence-electron chi connectivity index (χ2n) is 8.04. The molecule has 0 fully saturated rings. The molecule has 0 bridgehead atoms. The summed E-state index contributed by atoms with van der Waals surface area (Å²) in [6.45, 7) is 4.18. The summed E-state index contributed by atoms with van der Waals surface area (Å²) in [5.41, 5.74) is 2.27. The number of amides is 1. The van der Waals surface area contributed by atoms with Gasteiger partial charge in [0.1, 0.15) is 18.1 Å². The molecule has 0 saturated carbocycles. The maximum atomic E-state index is 13.5. The van der Waals surface area contributed by atoms with E-state index in [2.05, 4.69) is 10.3 Å². The Morgan fingerprint density at radius 2 is 1.69 bits per heavy atom. The molecule has 0 aliphatic carbocycles. The number of nitrogens with one attached hydrogen (secondary N) is 1. The number of hydrogen-bond donors (Lipinski definition) is 1. The Kier molecular flexibility index (Phi) is 7.70. The van der Waals surface area contributed by atoms with Crippen molar-refractivity contribution in [2.45, 2.75) is 25.3 Å². The van der Waals surface area contributed by atoms with E-state index in [1.54, 1.807) is 48.7 Å². The van der Waals surface area contributed by atoms with E-state index in [4.69, 9.17) is 4.74 Å². The summed E-state index contributed by atoms with van der Waals surface area (Å²) >= 11 is 0. The third-order valence-corrected chi connectivity index (χ3v) is 7.37. The van der Waals surface area contributed by atoms with Crippen molar-refractivity contribution in [2.75, 3.05) is 17.5 Å². The number of anilines is 1. The monoisotopic (exact) mass is 504 g/mol. The number of carbonyl (C=O) groups is 1. The van der Waals surface area contributed by atoms with Crippen LogP contribution in [0.15, 0.2) is 96.2 Å². The quantitative estimate of drug-likeness (QED) is 0.351. The average molecular weight is 505 g/mol. The summed E-state index contributed by atoms with van der Waals surface area (Å²) in [5, 5.41) is 2.83. The summed E-state index contributed by atoms with van der Waals surface area (Å²) in [6.07, 6.45) is 3.62. The molecule has 3 aromatic carbocycles. The maximum absolute atomic E-state index is 13.5. The Balaban J connectivity index is 1.48. The summed E-state index contributed by atoms with van der Waals surface area (Å²) in [5.74, 6) is 1.04. The SMILES string of the molecule is CCOc1ccc(S(=O)(=O)N(CC(=O)NCc2ccc(-n3ccnc3C)cc2)c2ccccc2)cc1. The zero-order valence-corrected chi connectivity index (χ0v) is 21.0. The van der Waals surface area contributed by atoms with E-state index < -0.39 is 15.9 Å². The van der Waals surface area contributed by atoms with Crippen LogP contribution in [0, 0.1) is 6.92 Å². The van der Waals surface area contributed by atoms with Gasteiger partial charge in [0.2, 0.25) is 5.91 Å². The predicted octanol–water partition coefficient (Wildman–Crippen LogP) is 4.09. The molecule has 0 atom stereocenters. The molecule has 4 aromatic rings. The minimum Gasteiger partial charge on any atom is -0.494 e. The molecule has 0 saturated heterocycles. The van der Waals surface area contributed by atoms with Gasteiger partial charge in [0.05, 0.1) is 17.2 Å². The molecular weight excluding hydrogens is 476 g/mol. The zero-order chi connectivity index (χ0) is 25.5. The highest BCUT2D eigenvalue weighted by molar-refractivity contribution is 7.92. The van der Waals surface area contributed by atoms with E-state index in [0.29, 0.717) is 18.0 Å².